The number of aliphatic hydroxyl groups is 1. The maximum Gasteiger partial charge on any atom is 0.0709 e. The summed E-state index contributed by atoms with van der Waals surface area (Å²) in [7, 11) is 0. The van der Waals surface area contributed by atoms with Crippen molar-refractivity contribution in [2.75, 3.05) is 0 Å². The Labute approximate surface area is 160 Å². The normalized spacial score (nSPS) is 29.6. The summed E-state index contributed by atoms with van der Waals surface area (Å²) in [5.74, 6) is 0.108. The molecule has 0 aromatic heterocycles. The molecule has 134 valence electrons. The maximum atomic E-state index is 11.4. The zero-order valence-corrected chi connectivity index (χ0v) is 16.2. The SMILES string of the molecule is CCC[C@@]1(O)C[C@@H](c2ccc(Cl)cc2)N[C@H](c2ccc(Cl)cc2)[C@@H]1C. The van der Waals surface area contributed by atoms with Crippen LogP contribution in [0.3, 0.4) is 0 Å². The average molecular weight is 378 g/mol. The molecule has 1 saturated heterocycles. The molecule has 1 aliphatic heterocycles. The van der Waals surface area contributed by atoms with Gasteiger partial charge in [-0.1, -0.05) is 67.7 Å². The third-order valence-electron chi connectivity index (χ3n) is 5.47. The van der Waals surface area contributed by atoms with E-state index in [1.165, 1.54) is 0 Å². The van der Waals surface area contributed by atoms with Crippen molar-refractivity contribution in [2.45, 2.75) is 50.8 Å². The topological polar surface area (TPSA) is 32.3 Å². The highest BCUT2D eigenvalue weighted by molar-refractivity contribution is 6.30. The van der Waals surface area contributed by atoms with E-state index >= 15 is 0 Å². The Morgan fingerprint density at radius 3 is 2.04 bits per heavy atom. The fourth-order valence-corrected chi connectivity index (χ4v) is 4.25. The molecule has 25 heavy (non-hydrogen) atoms. The molecule has 2 aromatic rings. The zero-order valence-electron chi connectivity index (χ0n) is 14.7. The molecule has 4 heteroatoms. The van der Waals surface area contributed by atoms with Crippen LogP contribution in [0.5, 0.6) is 0 Å². The molecule has 0 bridgehead atoms. The lowest BCUT2D eigenvalue weighted by Crippen LogP contribution is -2.52. The van der Waals surface area contributed by atoms with Crippen molar-refractivity contribution >= 4 is 23.2 Å². The number of hydrogen-bond acceptors (Lipinski definition) is 2. The van der Waals surface area contributed by atoms with Crippen molar-refractivity contribution in [3.63, 3.8) is 0 Å². The van der Waals surface area contributed by atoms with Crippen molar-refractivity contribution in [3.8, 4) is 0 Å². The first-order valence-electron chi connectivity index (χ1n) is 8.92. The highest BCUT2D eigenvalue weighted by Crippen LogP contribution is 2.45. The monoisotopic (exact) mass is 377 g/mol. The van der Waals surface area contributed by atoms with Gasteiger partial charge < -0.3 is 10.4 Å². The summed E-state index contributed by atoms with van der Waals surface area (Å²) in [6.45, 7) is 4.27. The second kappa shape index (κ2) is 7.67. The van der Waals surface area contributed by atoms with Gasteiger partial charge in [-0.2, -0.15) is 0 Å². The van der Waals surface area contributed by atoms with Crippen molar-refractivity contribution in [2.24, 2.45) is 5.92 Å². The molecular weight excluding hydrogens is 353 g/mol. The van der Waals surface area contributed by atoms with Crippen molar-refractivity contribution in [1.29, 1.82) is 0 Å². The van der Waals surface area contributed by atoms with Crippen molar-refractivity contribution in [1.82, 2.24) is 5.32 Å². The van der Waals surface area contributed by atoms with E-state index < -0.39 is 5.60 Å². The first-order chi connectivity index (χ1) is 11.9. The predicted octanol–water partition coefficient (Wildman–Crippen LogP) is 5.94. The Morgan fingerprint density at radius 2 is 1.52 bits per heavy atom. The van der Waals surface area contributed by atoms with Gasteiger partial charge in [-0.05, 0) is 48.2 Å². The van der Waals surface area contributed by atoms with Crippen LogP contribution < -0.4 is 5.32 Å². The van der Waals surface area contributed by atoms with Gasteiger partial charge in [0.05, 0.1) is 5.60 Å². The zero-order chi connectivity index (χ0) is 18.0. The fraction of sp³-hybridized carbons (Fsp3) is 0.429. The van der Waals surface area contributed by atoms with Gasteiger partial charge in [-0.25, -0.2) is 0 Å². The van der Waals surface area contributed by atoms with Crippen LogP contribution >= 0.6 is 23.2 Å². The molecular formula is C21H25Cl2NO. The second-order valence-corrected chi connectivity index (χ2v) is 8.02. The quantitative estimate of drug-likeness (QED) is 0.690. The smallest absolute Gasteiger partial charge is 0.0709 e. The Kier molecular flexibility index (Phi) is 5.75. The van der Waals surface area contributed by atoms with E-state index in [0.717, 1.165) is 34.0 Å². The van der Waals surface area contributed by atoms with Crippen LogP contribution in [0.4, 0.5) is 0 Å². The number of hydrogen-bond donors (Lipinski definition) is 2. The summed E-state index contributed by atoms with van der Waals surface area (Å²) in [6, 6.07) is 16.0. The van der Waals surface area contributed by atoms with E-state index in [0.29, 0.717) is 6.42 Å². The summed E-state index contributed by atoms with van der Waals surface area (Å²) < 4.78 is 0. The fourth-order valence-electron chi connectivity index (χ4n) is 4.00. The lowest BCUT2D eigenvalue weighted by atomic mass is 9.70. The van der Waals surface area contributed by atoms with Crippen LogP contribution in [0.15, 0.2) is 48.5 Å². The van der Waals surface area contributed by atoms with E-state index in [1.807, 2.05) is 48.5 Å². The molecule has 2 N–H and O–H groups in total. The molecule has 0 spiro atoms. The van der Waals surface area contributed by atoms with Crippen LogP contribution in [-0.2, 0) is 0 Å². The van der Waals surface area contributed by atoms with Crippen LogP contribution in [0.2, 0.25) is 10.0 Å². The first kappa shape index (κ1) is 18.7. The molecule has 1 fully saturated rings. The number of nitrogens with one attached hydrogen (secondary N) is 1. The first-order valence-corrected chi connectivity index (χ1v) is 9.68. The van der Waals surface area contributed by atoms with Gasteiger partial charge in [0, 0.05) is 28.0 Å². The Bertz CT molecular complexity index is 701. The molecule has 1 aliphatic rings. The minimum absolute atomic E-state index is 0.0724. The molecule has 0 amide bonds. The minimum Gasteiger partial charge on any atom is -0.389 e. The summed E-state index contributed by atoms with van der Waals surface area (Å²) in [6.07, 6.45) is 2.46. The molecule has 1 heterocycles. The van der Waals surface area contributed by atoms with Crippen LogP contribution in [0.25, 0.3) is 0 Å². The van der Waals surface area contributed by atoms with E-state index in [4.69, 9.17) is 23.2 Å². The Hall–Kier alpha value is -1.06. The maximum absolute atomic E-state index is 11.4. The highest BCUT2D eigenvalue weighted by Gasteiger charge is 2.45. The van der Waals surface area contributed by atoms with Gasteiger partial charge in [0.2, 0.25) is 0 Å². The summed E-state index contributed by atoms with van der Waals surface area (Å²) >= 11 is 12.1. The minimum atomic E-state index is -0.700. The Morgan fingerprint density at radius 1 is 1.00 bits per heavy atom. The molecule has 2 nitrogen and oxygen atoms in total. The van der Waals surface area contributed by atoms with Crippen molar-refractivity contribution < 1.29 is 5.11 Å². The van der Waals surface area contributed by atoms with Gasteiger partial charge in [0.15, 0.2) is 0 Å². The molecule has 0 aliphatic carbocycles. The number of piperidine rings is 1. The summed E-state index contributed by atoms with van der Waals surface area (Å²) in [4.78, 5) is 0. The standard InChI is InChI=1S/C21H25Cl2NO/c1-3-12-21(25)13-19(15-4-8-17(22)9-5-15)24-20(14(21)2)16-6-10-18(23)11-7-16/h4-11,14,19-20,24-25H,3,12-13H2,1-2H3/t14-,19-,20-,21+/m0/s1. The third-order valence-corrected chi connectivity index (χ3v) is 5.97. The molecule has 2 aromatic carbocycles. The van der Waals surface area contributed by atoms with Gasteiger partial charge in [0.25, 0.3) is 0 Å². The van der Waals surface area contributed by atoms with E-state index in [-0.39, 0.29) is 18.0 Å². The van der Waals surface area contributed by atoms with E-state index in [1.54, 1.807) is 0 Å². The molecule has 3 rings (SSSR count). The summed E-state index contributed by atoms with van der Waals surface area (Å²) in [5.41, 5.74) is 1.61. The number of rotatable bonds is 4. The van der Waals surface area contributed by atoms with E-state index in [2.05, 4.69) is 19.2 Å². The molecule has 4 atom stereocenters. The average Bonchev–Trinajstić information content (AvgIpc) is 2.59. The van der Waals surface area contributed by atoms with E-state index in [9.17, 15) is 5.11 Å². The molecule has 0 unspecified atom stereocenters. The third kappa shape index (κ3) is 4.03. The largest absolute Gasteiger partial charge is 0.389 e. The van der Waals surface area contributed by atoms with Gasteiger partial charge in [-0.3, -0.25) is 0 Å². The van der Waals surface area contributed by atoms with Gasteiger partial charge in [0.1, 0.15) is 0 Å². The van der Waals surface area contributed by atoms with Crippen LogP contribution in [0.1, 0.15) is 56.3 Å². The van der Waals surface area contributed by atoms with Gasteiger partial charge >= 0.3 is 0 Å². The lowest BCUT2D eigenvalue weighted by Gasteiger charge is -2.48. The second-order valence-electron chi connectivity index (χ2n) is 7.15. The Balaban J connectivity index is 1.95. The molecule has 0 saturated carbocycles. The lowest BCUT2D eigenvalue weighted by molar-refractivity contribution is -0.0743. The van der Waals surface area contributed by atoms with Gasteiger partial charge in [-0.15, -0.1) is 0 Å². The van der Waals surface area contributed by atoms with Crippen molar-refractivity contribution in [3.05, 3.63) is 69.7 Å². The highest BCUT2D eigenvalue weighted by atomic mass is 35.5. The number of halogens is 2. The summed E-state index contributed by atoms with van der Waals surface area (Å²) in [5, 5.41) is 16.6. The van der Waals surface area contributed by atoms with Crippen LogP contribution in [-0.4, -0.2) is 10.7 Å². The molecule has 0 radical (unpaired) electrons. The predicted molar refractivity (Wildman–Crippen MR) is 105 cm³/mol. The number of benzene rings is 2. The van der Waals surface area contributed by atoms with Crippen LogP contribution in [0, 0.1) is 5.92 Å².